The Bertz CT molecular complexity index is 803. The number of likely N-dealkylation sites (tertiary alicyclic amines) is 1. The first-order valence-electron chi connectivity index (χ1n) is 10.2. The monoisotopic (exact) mass is 377 g/mol. The van der Waals surface area contributed by atoms with E-state index in [0.717, 1.165) is 43.5 Å². The van der Waals surface area contributed by atoms with Gasteiger partial charge in [0.15, 0.2) is 0 Å². The van der Waals surface area contributed by atoms with Crippen LogP contribution in [0.15, 0.2) is 61.4 Å². The second kappa shape index (κ2) is 9.16. The van der Waals surface area contributed by atoms with Crippen LogP contribution in [-0.4, -0.2) is 41.5 Å². The van der Waals surface area contributed by atoms with Crippen molar-refractivity contribution in [1.29, 1.82) is 0 Å². The molecule has 148 valence electrons. The van der Waals surface area contributed by atoms with Gasteiger partial charge in [0.1, 0.15) is 0 Å². The van der Waals surface area contributed by atoms with Crippen molar-refractivity contribution in [3.05, 3.63) is 67.0 Å². The molecule has 1 amide bonds. The van der Waals surface area contributed by atoms with Crippen LogP contribution in [0.25, 0.3) is 11.1 Å². The average molecular weight is 378 g/mol. The Morgan fingerprint density at radius 3 is 2.86 bits per heavy atom. The molecule has 1 aromatic carbocycles. The van der Waals surface area contributed by atoms with Crippen molar-refractivity contribution in [2.75, 3.05) is 19.6 Å². The van der Waals surface area contributed by atoms with Crippen molar-refractivity contribution >= 4 is 5.91 Å². The molecule has 0 unspecified atom stereocenters. The molecule has 1 atom stereocenters. The molecule has 1 saturated heterocycles. The van der Waals surface area contributed by atoms with Crippen LogP contribution in [0.3, 0.4) is 0 Å². The largest absolute Gasteiger partial charge is 0.352 e. The number of hydrogen-bond acceptors (Lipinski definition) is 3. The third-order valence-corrected chi connectivity index (χ3v) is 5.74. The van der Waals surface area contributed by atoms with Crippen LogP contribution in [0.5, 0.6) is 0 Å². The lowest BCUT2D eigenvalue weighted by molar-refractivity contribution is -0.134. The second-order valence-corrected chi connectivity index (χ2v) is 8.02. The first-order chi connectivity index (χ1) is 13.6. The van der Waals surface area contributed by atoms with Gasteiger partial charge < -0.3 is 5.32 Å². The smallest absolute Gasteiger partial charge is 0.228 e. The van der Waals surface area contributed by atoms with E-state index in [1.807, 2.05) is 12.3 Å². The summed E-state index contributed by atoms with van der Waals surface area (Å²) < 4.78 is 0. The molecule has 2 aromatic rings. The van der Waals surface area contributed by atoms with Crippen LogP contribution < -0.4 is 5.32 Å². The van der Waals surface area contributed by atoms with Gasteiger partial charge in [-0.15, -0.1) is 6.58 Å². The summed E-state index contributed by atoms with van der Waals surface area (Å²) >= 11 is 0. The van der Waals surface area contributed by atoms with Gasteiger partial charge in [-0.25, -0.2) is 0 Å². The van der Waals surface area contributed by atoms with Crippen molar-refractivity contribution in [2.45, 2.75) is 39.2 Å². The quantitative estimate of drug-likeness (QED) is 0.740. The van der Waals surface area contributed by atoms with Crippen molar-refractivity contribution in [3.63, 3.8) is 0 Å². The van der Waals surface area contributed by atoms with Crippen LogP contribution in [0.1, 0.15) is 32.3 Å². The maximum atomic E-state index is 13.3. The summed E-state index contributed by atoms with van der Waals surface area (Å²) in [5.41, 5.74) is 3.03. The molecule has 3 rings (SSSR count). The van der Waals surface area contributed by atoms with Crippen molar-refractivity contribution < 1.29 is 4.79 Å². The molecule has 1 aliphatic rings. The number of nitrogens with zero attached hydrogens (tertiary/aromatic N) is 2. The van der Waals surface area contributed by atoms with Crippen LogP contribution in [0.4, 0.5) is 0 Å². The molecule has 1 aliphatic heterocycles. The summed E-state index contributed by atoms with van der Waals surface area (Å²) in [5, 5.41) is 3.09. The zero-order valence-corrected chi connectivity index (χ0v) is 17.0. The van der Waals surface area contributed by atoms with Gasteiger partial charge in [-0.1, -0.05) is 36.4 Å². The lowest BCUT2D eigenvalue weighted by Crippen LogP contribution is -2.54. The van der Waals surface area contributed by atoms with Crippen LogP contribution in [0.2, 0.25) is 0 Å². The van der Waals surface area contributed by atoms with Crippen LogP contribution in [-0.2, 0) is 11.2 Å². The first-order valence-corrected chi connectivity index (χ1v) is 10.2. The summed E-state index contributed by atoms with van der Waals surface area (Å²) in [5.74, 6) is 0.138. The number of aromatic nitrogens is 1. The molecule has 4 heteroatoms. The number of rotatable bonds is 7. The fourth-order valence-electron chi connectivity index (χ4n) is 4.21. The van der Waals surface area contributed by atoms with Crippen molar-refractivity contribution in [1.82, 2.24) is 15.2 Å². The minimum absolute atomic E-state index is 0.138. The molecule has 4 nitrogen and oxygen atoms in total. The number of carbonyl (C=O) groups is 1. The van der Waals surface area contributed by atoms with E-state index in [4.69, 9.17) is 0 Å². The molecule has 2 heterocycles. The number of pyridine rings is 1. The Kier molecular flexibility index (Phi) is 6.63. The predicted molar refractivity (Wildman–Crippen MR) is 115 cm³/mol. The summed E-state index contributed by atoms with van der Waals surface area (Å²) in [6.45, 7) is 10.5. The van der Waals surface area contributed by atoms with E-state index < -0.39 is 5.41 Å². The van der Waals surface area contributed by atoms with Gasteiger partial charge in [-0.05, 0) is 56.8 Å². The number of amides is 1. The highest BCUT2D eigenvalue weighted by Gasteiger charge is 2.42. The molecule has 1 aromatic heterocycles. The summed E-state index contributed by atoms with van der Waals surface area (Å²) in [7, 11) is 0. The average Bonchev–Trinajstić information content (AvgIpc) is 2.73. The Morgan fingerprint density at radius 2 is 2.14 bits per heavy atom. The van der Waals surface area contributed by atoms with Crippen molar-refractivity contribution in [2.24, 2.45) is 5.41 Å². The van der Waals surface area contributed by atoms with Gasteiger partial charge >= 0.3 is 0 Å². The van der Waals surface area contributed by atoms with E-state index in [1.165, 1.54) is 5.56 Å². The van der Waals surface area contributed by atoms with E-state index in [1.54, 1.807) is 12.3 Å². The highest BCUT2D eigenvalue weighted by atomic mass is 16.2. The zero-order valence-electron chi connectivity index (χ0n) is 17.0. The number of carbonyl (C=O) groups excluding carboxylic acids is 1. The maximum Gasteiger partial charge on any atom is 0.228 e. The summed E-state index contributed by atoms with van der Waals surface area (Å²) in [4.78, 5) is 20.0. The summed E-state index contributed by atoms with van der Waals surface area (Å²) in [6, 6.07) is 12.9. The SMILES string of the molecule is C=CCNC(=O)[C@@]1(Cc2ccccc2-c2cccnc2)CCCN(C(C)C)C1. The lowest BCUT2D eigenvalue weighted by Gasteiger charge is -2.43. The fraction of sp³-hybridized carbons (Fsp3) is 0.417. The Hall–Kier alpha value is -2.46. The van der Waals surface area contributed by atoms with E-state index in [-0.39, 0.29) is 5.91 Å². The minimum atomic E-state index is -0.427. The van der Waals surface area contributed by atoms with Gasteiger partial charge in [-0.2, -0.15) is 0 Å². The van der Waals surface area contributed by atoms with Gasteiger partial charge in [0.2, 0.25) is 5.91 Å². The normalized spacial score (nSPS) is 20.1. The molecule has 0 bridgehead atoms. The van der Waals surface area contributed by atoms with E-state index >= 15 is 0 Å². The molecule has 1 N–H and O–H groups in total. The van der Waals surface area contributed by atoms with Crippen LogP contribution in [0, 0.1) is 5.41 Å². The molecule has 0 saturated carbocycles. The number of hydrogen-bond donors (Lipinski definition) is 1. The molecule has 0 spiro atoms. The zero-order chi connectivity index (χ0) is 20.0. The standard InChI is InChI=1S/C24H31N3O/c1-4-13-26-23(28)24(12-8-15-27(18-24)19(2)3)16-20-9-5-6-11-22(20)21-10-7-14-25-17-21/h4-7,9-11,14,17,19H,1,8,12-13,15-16,18H2,2-3H3,(H,26,28)/t24-/m1/s1. The van der Waals surface area contributed by atoms with Crippen LogP contribution >= 0.6 is 0 Å². The van der Waals surface area contributed by atoms with E-state index in [9.17, 15) is 4.79 Å². The Morgan fingerprint density at radius 1 is 1.32 bits per heavy atom. The highest BCUT2D eigenvalue weighted by Crippen LogP contribution is 2.37. The van der Waals surface area contributed by atoms with Gasteiger partial charge in [-0.3, -0.25) is 14.7 Å². The van der Waals surface area contributed by atoms with E-state index in [2.05, 4.69) is 66.0 Å². The van der Waals surface area contributed by atoms with Gasteiger partial charge in [0.25, 0.3) is 0 Å². The molecule has 0 radical (unpaired) electrons. The van der Waals surface area contributed by atoms with Gasteiger partial charge in [0, 0.05) is 37.1 Å². The van der Waals surface area contributed by atoms with Gasteiger partial charge in [0.05, 0.1) is 5.41 Å². The Labute approximate surface area is 168 Å². The Balaban J connectivity index is 1.97. The predicted octanol–water partition coefficient (Wildman–Crippen LogP) is 4.08. The molecule has 28 heavy (non-hydrogen) atoms. The minimum Gasteiger partial charge on any atom is -0.352 e. The molecular weight excluding hydrogens is 346 g/mol. The molecule has 0 aliphatic carbocycles. The van der Waals surface area contributed by atoms with E-state index in [0.29, 0.717) is 12.6 Å². The summed E-state index contributed by atoms with van der Waals surface area (Å²) in [6.07, 6.45) is 8.10. The first kappa shape index (κ1) is 20.3. The van der Waals surface area contributed by atoms with Crippen molar-refractivity contribution in [3.8, 4) is 11.1 Å². The number of nitrogens with one attached hydrogen (secondary N) is 1. The molecule has 1 fully saturated rings. The lowest BCUT2D eigenvalue weighted by atomic mass is 9.73. The molecular formula is C24H31N3O. The third kappa shape index (κ3) is 4.50. The third-order valence-electron chi connectivity index (χ3n) is 5.74. The highest BCUT2D eigenvalue weighted by molar-refractivity contribution is 5.84. The maximum absolute atomic E-state index is 13.3. The second-order valence-electron chi connectivity index (χ2n) is 8.02. The fourth-order valence-corrected chi connectivity index (χ4v) is 4.21. The number of piperidine rings is 1. The topological polar surface area (TPSA) is 45.2 Å². The number of benzene rings is 1.